The Labute approximate surface area is 157 Å². The van der Waals surface area contributed by atoms with Gasteiger partial charge in [-0.25, -0.2) is 13.1 Å². The van der Waals surface area contributed by atoms with Crippen LogP contribution >= 0.6 is 0 Å². The van der Waals surface area contributed by atoms with E-state index >= 15 is 0 Å². The van der Waals surface area contributed by atoms with E-state index in [2.05, 4.69) is 21.8 Å². The van der Waals surface area contributed by atoms with Crippen molar-refractivity contribution in [3.8, 4) is 0 Å². The Hall–Kier alpha value is -1.69. The fraction of sp³-hybridized carbons (Fsp3) is 0.429. The van der Waals surface area contributed by atoms with Crippen molar-refractivity contribution in [2.75, 3.05) is 25.4 Å². The number of benzene rings is 2. The van der Waals surface area contributed by atoms with Crippen LogP contribution in [0.3, 0.4) is 0 Å². The summed E-state index contributed by atoms with van der Waals surface area (Å²) in [7, 11) is -3.30. The largest absolute Gasteiger partial charge is 0.295 e. The minimum absolute atomic E-state index is 0.100. The molecule has 2 aromatic carbocycles. The summed E-state index contributed by atoms with van der Waals surface area (Å²) in [6.07, 6.45) is 4.17. The number of nitrogens with one attached hydrogen (secondary N) is 1. The van der Waals surface area contributed by atoms with E-state index in [1.54, 1.807) is 0 Å². The van der Waals surface area contributed by atoms with Gasteiger partial charge in [0.05, 0.1) is 5.75 Å². The molecule has 1 aliphatic rings. The first kappa shape index (κ1) is 19.1. The molecule has 0 aromatic heterocycles. The Balaban J connectivity index is 1.62. The molecule has 1 fully saturated rings. The van der Waals surface area contributed by atoms with Crippen molar-refractivity contribution in [2.45, 2.75) is 31.7 Å². The molecule has 1 saturated heterocycles. The molecule has 1 N–H and O–H groups in total. The van der Waals surface area contributed by atoms with Crippen molar-refractivity contribution >= 4 is 10.0 Å². The van der Waals surface area contributed by atoms with Gasteiger partial charge in [0.15, 0.2) is 0 Å². The van der Waals surface area contributed by atoms with Gasteiger partial charge in [-0.05, 0) is 43.5 Å². The zero-order valence-electron chi connectivity index (χ0n) is 15.2. The van der Waals surface area contributed by atoms with Gasteiger partial charge in [0.2, 0.25) is 10.0 Å². The zero-order valence-corrected chi connectivity index (χ0v) is 16.0. The van der Waals surface area contributed by atoms with Crippen LogP contribution in [0.25, 0.3) is 0 Å². The molecule has 1 atom stereocenters. The molecular weight excluding hydrogens is 344 g/mol. The molecule has 4 nitrogen and oxygen atoms in total. The van der Waals surface area contributed by atoms with E-state index in [0.29, 0.717) is 13.0 Å². The highest BCUT2D eigenvalue weighted by Gasteiger charge is 2.24. The molecule has 140 valence electrons. The summed E-state index contributed by atoms with van der Waals surface area (Å²) in [6, 6.07) is 20.1. The predicted molar refractivity (Wildman–Crippen MR) is 107 cm³/mol. The van der Waals surface area contributed by atoms with E-state index in [9.17, 15) is 8.42 Å². The summed E-state index contributed by atoms with van der Waals surface area (Å²) in [5.74, 6) is 0.124. The van der Waals surface area contributed by atoms with Crippen LogP contribution in [0.4, 0.5) is 0 Å². The van der Waals surface area contributed by atoms with E-state index in [1.807, 2.05) is 48.5 Å². The van der Waals surface area contributed by atoms with Crippen molar-refractivity contribution in [3.63, 3.8) is 0 Å². The number of hydrogen-bond donors (Lipinski definition) is 1. The summed E-state index contributed by atoms with van der Waals surface area (Å²) in [5.41, 5.74) is 2.23. The number of likely N-dealkylation sites (tertiary alicyclic amines) is 1. The molecule has 0 amide bonds. The van der Waals surface area contributed by atoms with Gasteiger partial charge < -0.3 is 0 Å². The molecule has 1 aliphatic heterocycles. The lowest BCUT2D eigenvalue weighted by molar-refractivity contribution is 0.164. The molecule has 0 bridgehead atoms. The maximum Gasteiger partial charge on any atom is 0.211 e. The number of rotatable bonds is 8. The minimum Gasteiger partial charge on any atom is -0.295 e. The number of nitrogens with zero attached hydrogens (tertiary/aromatic N) is 1. The molecule has 0 radical (unpaired) electrons. The molecular formula is C21H28N2O2S. The third-order valence-corrected chi connectivity index (χ3v) is 6.36. The van der Waals surface area contributed by atoms with Gasteiger partial charge in [-0.1, -0.05) is 67.1 Å². The van der Waals surface area contributed by atoms with E-state index in [4.69, 9.17) is 0 Å². The lowest BCUT2D eigenvalue weighted by Gasteiger charge is -2.35. The number of piperidine rings is 1. The van der Waals surface area contributed by atoms with Gasteiger partial charge >= 0.3 is 0 Å². The molecule has 26 heavy (non-hydrogen) atoms. The smallest absolute Gasteiger partial charge is 0.211 e. The standard InChI is InChI=1S/C21H28N2O2S/c24-26(25,17-14-19-10-4-1-5-11-19)22-18-21(20-12-6-2-7-13-20)23-15-8-3-9-16-23/h1-2,4-7,10-13,21-22H,3,8-9,14-18H2. The first-order valence-corrected chi connectivity index (χ1v) is 11.1. The maximum atomic E-state index is 12.5. The van der Waals surface area contributed by atoms with Crippen molar-refractivity contribution in [2.24, 2.45) is 0 Å². The fourth-order valence-electron chi connectivity index (χ4n) is 3.54. The highest BCUT2D eigenvalue weighted by molar-refractivity contribution is 7.89. The Morgan fingerprint density at radius 3 is 2.15 bits per heavy atom. The van der Waals surface area contributed by atoms with Crippen LogP contribution in [0.1, 0.15) is 36.4 Å². The van der Waals surface area contributed by atoms with Crippen molar-refractivity contribution in [1.82, 2.24) is 9.62 Å². The third-order valence-electron chi connectivity index (χ3n) is 5.01. The monoisotopic (exact) mass is 372 g/mol. The van der Waals surface area contributed by atoms with Gasteiger partial charge in [-0.15, -0.1) is 0 Å². The summed E-state index contributed by atoms with van der Waals surface area (Å²) >= 11 is 0. The molecule has 3 rings (SSSR count). The van der Waals surface area contributed by atoms with E-state index < -0.39 is 10.0 Å². The second kappa shape index (κ2) is 9.31. The SMILES string of the molecule is O=S(=O)(CCc1ccccc1)NCC(c1ccccc1)N1CCCCC1. The second-order valence-electron chi connectivity index (χ2n) is 6.93. The van der Waals surface area contributed by atoms with Crippen LogP contribution < -0.4 is 4.72 Å². The average molecular weight is 373 g/mol. The zero-order chi connectivity index (χ0) is 18.2. The Morgan fingerprint density at radius 1 is 0.885 bits per heavy atom. The molecule has 0 saturated carbocycles. The minimum atomic E-state index is -3.30. The maximum absolute atomic E-state index is 12.5. The molecule has 5 heteroatoms. The van der Waals surface area contributed by atoms with Crippen LogP contribution in [0.2, 0.25) is 0 Å². The molecule has 2 aromatic rings. The summed E-state index contributed by atoms with van der Waals surface area (Å²) in [6.45, 7) is 2.50. The highest BCUT2D eigenvalue weighted by Crippen LogP contribution is 2.24. The van der Waals surface area contributed by atoms with Crippen molar-refractivity contribution < 1.29 is 8.42 Å². The fourth-order valence-corrected chi connectivity index (χ4v) is 4.60. The number of aryl methyl sites for hydroxylation is 1. The summed E-state index contributed by atoms with van der Waals surface area (Å²) < 4.78 is 27.8. The number of sulfonamides is 1. The van der Waals surface area contributed by atoms with Gasteiger partial charge in [0.25, 0.3) is 0 Å². The summed E-state index contributed by atoms with van der Waals surface area (Å²) in [5, 5.41) is 0. The van der Waals surface area contributed by atoms with Crippen LogP contribution in [0, 0.1) is 0 Å². The van der Waals surface area contributed by atoms with Gasteiger partial charge in [0, 0.05) is 12.6 Å². The van der Waals surface area contributed by atoms with Crippen molar-refractivity contribution in [1.29, 1.82) is 0 Å². The van der Waals surface area contributed by atoms with Gasteiger partial charge in [-0.2, -0.15) is 0 Å². The van der Waals surface area contributed by atoms with Gasteiger partial charge in [-0.3, -0.25) is 4.90 Å². The van der Waals surface area contributed by atoms with Crippen molar-refractivity contribution in [3.05, 3.63) is 71.8 Å². The van der Waals surface area contributed by atoms with Crippen LogP contribution in [-0.2, 0) is 16.4 Å². The lowest BCUT2D eigenvalue weighted by atomic mass is 10.0. The third kappa shape index (κ3) is 5.66. The molecule has 1 heterocycles. The van der Waals surface area contributed by atoms with Crippen LogP contribution in [-0.4, -0.2) is 38.7 Å². The quantitative estimate of drug-likeness (QED) is 0.773. The second-order valence-corrected chi connectivity index (χ2v) is 8.85. The van der Waals surface area contributed by atoms with Crippen LogP contribution in [0.5, 0.6) is 0 Å². The molecule has 1 unspecified atom stereocenters. The Morgan fingerprint density at radius 2 is 1.50 bits per heavy atom. The van der Waals surface area contributed by atoms with E-state index in [0.717, 1.165) is 18.7 Å². The van der Waals surface area contributed by atoms with E-state index in [-0.39, 0.29) is 11.8 Å². The van der Waals surface area contributed by atoms with Gasteiger partial charge in [0.1, 0.15) is 0 Å². The molecule has 0 spiro atoms. The molecule has 0 aliphatic carbocycles. The lowest BCUT2D eigenvalue weighted by Crippen LogP contribution is -2.41. The Kier molecular flexibility index (Phi) is 6.83. The van der Waals surface area contributed by atoms with Crippen LogP contribution in [0.15, 0.2) is 60.7 Å². The summed E-state index contributed by atoms with van der Waals surface area (Å²) in [4.78, 5) is 2.42. The number of hydrogen-bond acceptors (Lipinski definition) is 3. The topological polar surface area (TPSA) is 49.4 Å². The van der Waals surface area contributed by atoms with E-state index in [1.165, 1.54) is 24.8 Å². The first-order valence-electron chi connectivity index (χ1n) is 9.44. The first-order chi connectivity index (χ1) is 12.6. The highest BCUT2D eigenvalue weighted by atomic mass is 32.2. The Bertz CT molecular complexity index is 757. The average Bonchev–Trinajstić information content (AvgIpc) is 2.69. The normalized spacial score (nSPS) is 17.1. The predicted octanol–water partition coefficient (Wildman–Crippen LogP) is 3.38.